The molecule has 1 atom stereocenters. The summed E-state index contributed by atoms with van der Waals surface area (Å²) >= 11 is 0. The molecule has 0 amide bonds. The number of rotatable bonds is 6. The molecule has 0 aromatic rings. The van der Waals surface area contributed by atoms with Gasteiger partial charge in [-0.15, -0.1) is 0 Å². The second-order valence-corrected chi connectivity index (χ2v) is 4.09. The van der Waals surface area contributed by atoms with Crippen LogP contribution in [0, 0.1) is 0 Å². The topological polar surface area (TPSA) is 141 Å². The van der Waals surface area contributed by atoms with Gasteiger partial charge in [0.15, 0.2) is 0 Å². The molecule has 6 heteroatoms. The van der Waals surface area contributed by atoms with Crippen molar-refractivity contribution in [3.8, 4) is 0 Å². The minimum absolute atomic E-state index is 0.458. The summed E-state index contributed by atoms with van der Waals surface area (Å²) in [6.45, 7) is 4.36. The summed E-state index contributed by atoms with van der Waals surface area (Å²) in [6.07, 6.45) is 2.99. The van der Waals surface area contributed by atoms with Crippen LogP contribution in [0.2, 0.25) is 0 Å². The SMILES string of the molecule is CCC(C)(N)N.NCCCCC(N)C(=O)O. The number of nitrogens with two attached hydrogens (primary N) is 4. The Kier molecular flexibility index (Phi) is 10.5. The second-order valence-electron chi connectivity index (χ2n) is 4.09. The summed E-state index contributed by atoms with van der Waals surface area (Å²) in [4.78, 5) is 10.1. The van der Waals surface area contributed by atoms with Gasteiger partial charge in [-0.2, -0.15) is 0 Å². The van der Waals surface area contributed by atoms with Crippen LogP contribution in [0.4, 0.5) is 0 Å². The maximum Gasteiger partial charge on any atom is 0.320 e. The highest BCUT2D eigenvalue weighted by molar-refractivity contribution is 5.72. The molecule has 0 aromatic heterocycles. The van der Waals surface area contributed by atoms with Crippen molar-refractivity contribution in [1.82, 2.24) is 0 Å². The first-order valence-electron chi connectivity index (χ1n) is 5.50. The molecule has 0 saturated carbocycles. The first kappa shape index (κ1) is 17.7. The van der Waals surface area contributed by atoms with Crippen molar-refractivity contribution in [2.75, 3.05) is 6.54 Å². The van der Waals surface area contributed by atoms with Gasteiger partial charge in [0.05, 0.1) is 5.66 Å². The molecule has 6 nitrogen and oxygen atoms in total. The third-order valence-electron chi connectivity index (χ3n) is 2.05. The number of hydrogen-bond acceptors (Lipinski definition) is 5. The highest BCUT2D eigenvalue weighted by atomic mass is 16.4. The first-order chi connectivity index (χ1) is 7.24. The van der Waals surface area contributed by atoms with Gasteiger partial charge < -0.3 is 28.0 Å². The highest BCUT2D eigenvalue weighted by Crippen LogP contribution is 1.96. The van der Waals surface area contributed by atoms with Crippen molar-refractivity contribution in [3.63, 3.8) is 0 Å². The van der Waals surface area contributed by atoms with E-state index < -0.39 is 17.7 Å². The van der Waals surface area contributed by atoms with Gasteiger partial charge in [-0.25, -0.2) is 0 Å². The van der Waals surface area contributed by atoms with Gasteiger partial charge in [-0.3, -0.25) is 4.79 Å². The molecular weight excluding hydrogens is 208 g/mol. The summed E-state index contributed by atoms with van der Waals surface area (Å²) in [7, 11) is 0. The van der Waals surface area contributed by atoms with Crippen LogP contribution in [0.1, 0.15) is 39.5 Å². The molecule has 0 bridgehead atoms. The standard InChI is InChI=1S/C6H14N2O2.C4H12N2/c7-4-2-1-3-5(8)6(9)10;1-3-4(2,5)6/h5H,1-4,7-8H2,(H,9,10);3,5-6H2,1-2H3. The molecule has 0 aliphatic heterocycles. The van der Waals surface area contributed by atoms with Gasteiger partial charge in [-0.05, 0) is 32.7 Å². The van der Waals surface area contributed by atoms with Crippen molar-refractivity contribution in [3.05, 3.63) is 0 Å². The van der Waals surface area contributed by atoms with E-state index in [1.807, 2.05) is 6.92 Å². The normalized spacial score (nSPS) is 12.6. The van der Waals surface area contributed by atoms with Crippen molar-refractivity contribution < 1.29 is 9.90 Å². The summed E-state index contributed by atoms with van der Waals surface area (Å²) in [6, 6.07) is -0.716. The van der Waals surface area contributed by atoms with E-state index in [1.165, 1.54) is 0 Å². The zero-order valence-electron chi connectivity index (χ0n) is 10.3. The highest BCUT2D eigenvalue weighted by Gasteiger charge is 2.09. The van der Waals surface area contributed by atoms with Crippen LogP contribution in [-0.2, 0) is 4.79 Å². The fourth-order valence-electron chi connectivity index (χ4n) is 0.632. The molecule has 0 aromatic carbocycles. The first-order valence-corrected chi connectivity index (χ1v) is 5.50. The van der Waals surface area contributed by atoms with E-state index >= 15 is 0 Å². The van der Waals surface area contributed by atoms with Gasteiger partial charge >= 0.3 is 5.97 Å². The zero-order chi connectivity index (χ0) is 13.2. The molecule has 1 unspecified atom stereocenters. The monoisotopic (exact) mass is 234 g/mol. The van der Waals surface area contributed by atoms with Crippen molar-refractivity contribution in [1.29, 1.82) is 0 Å². The Morgan fingerprint density at radius 2 is 1.81 bits per heavy atom. The lowest BCUT2D eigenvalue weighted by atomic mass is 10.1. The van der Waals surface area contributed by atoms with Gasteiger partial charge in [0, 0.05) is 0 Å². The van der Waals surface area contributed by atoms with E-state index in [4.69, 9.17) is 28.0 Å². The van der Waals surface area contributed by atoms with E-state index in [0.29, 0.717) is 13.0 Å². The number of hydrogen-bond donors (Lipinski definition) is 5. The molecule has 16 heavy (non-hydrogen) atoms. The predicted molar refractivity (Wildman–Crippen MR) is 65.6 cm³/mol. The molecule has 0 spiro atoms. The Morgan fingerprint density at radius 1 is 1.38 bits per heavy atom. The molecule has 0 radical (unpaired) electrons. The van der Waals surface area contributed by atoms with Crippen LogP contribution in [0.5, 0.6) is 0 Å². The maximum absolute atomic E-state index is 10.1. The van der Waals surface area contributed by atoms with Crippen LogP contribution in [0.15, 0.2) is 0 Å². The van der Waals surface area contributed by atoms with Gasteiger partial charge in [0.2, 0.25) is 0 Å². The average Bonchev–Trinajstić information content (AvgIpc) is 2.17. The minimum atomic E-state index is -0.933. The molecule has 98 valence electrons. The zero-order valence-corrected chi connectivity index (χ0v) is 10.3. The molecule has 0 rings (SSSR count). The molecule has 0 fully saturated rings. The van der Waals surface area contributed by atoms with Crippen LogP contribution in [0.25, 0.3) is 0 Å². The van der Waals surface area contributed by atoms with E-state index in [-0.39, 0.29) is 0 Å². The minimum Gasteiger partial charge on any atom is -0.480 e. The number of unbranched alkanes of at least 4 members (excludes halogenated alkanes) is 1. The fourth-order valence-corrected chi connectivity index (χ4v) is 0.632. The van der Waals surface area contributed by atoms with Gasteiger partial charge in [0.25, 0.3) is 0 Å². The maximum atomic E-state index is 10.1. The largest absolute Gasteiger partial charge is 0.480 e. The Morgan fingerprint density at radius 3 is 2.06 bits per heavy atom. The van der Waals surface area contributed by atoms with E-state index in [2.05, 4.69) is 0 Å². The van der Waals surface area contributed by atoms with Crippen molar-refractivity contribution in [2.24, 2.45) is 22.9 Å². The predicted octanol–water partition coefficient (Wildman–Crippen LogP) is -0.443. The Labute approximate surface area is 97.3 Å². The summed E-state index contributed by atoms with van der Waals surface area (Å²) in [5.41, 5.74) is 20.6. The van der Waals surface area contributed by atoms with E-state index in [9.17, 15) is 4.79 Å². The van der Waals surface area contributed by atoms with E-state index in [1.54, 1.807) is 6.92 Å². The molecule has 0 aliphatic carbocycles. The lowest BCUT2D eigenvalue weighted by molar-refractivity contribution is -0.138. The molecular formula is C10H26N4O2. The number of carboxylic acid groups (broad SMARTS) is 1. The summed E-state index contributed by atoms with van der Waals surface area (Å²) in [5.74, 6) is -0.933. The van der Waals surface area contributed by atoms with Crippen molar-refractivity contribution in [2.45, 2.75) is 51.2 Å². The van der Waals surface area contributed by atoms with Crippen LogP contribution in [0.3, 0.4) is 0 Å². The Hall–Kier alpha value is -0.690. The lowest BCUT2D eigenvalue weighted by Crippen LogP contribution is -2.44. The van der Waals surface area contributed by atoms with Crippen LogP contribution in [-0.4, -0.2) is 29.3 Å². The summed E-state index contributed by atoms with van der Waals surface area (Å²) < 4.78 is 0. The van der Waals surface area contributed by atoms with Crippen LogP contribution >= 0.6 is 0 Å². The van der Waals surface area contributed by atoms with E-state index in [0.717, 1.165) is 19.3 Å². The van der Waals surface area contributed by atoms with Gasteiger partial charge in [-0.1, -0.05) is 13.3 Å². The smallest absolute Gasteiger partial charge is 0.320 e. The number of carbonyl (C=O) groups is 1. The summed E-state index contributed by atoms with van der Waals surface area (Å²) in [5, 5.41) is 8.33. The third-order valence-corrected chi connectivity index (χ3v) is 2.05. The lowest BCUT2D eigenvalue weighted by Gasteiger charge is -2.13. The second kappa shape index (κ2) is 9.53. The van der Waals surface area contributed by atoms with Crippen molar-refractivity contribution >= 4 is 5.97 Å². The Bertz CT molecular complexity index is 180. The third kappa shape index (κ3) is 15.8. The Balaban J connectivity index is 0. The van der Waals surface area contributed by atoms with Gasteiger partial charge in [0.1, 0.15) is 6.04 Å². The number of carboxylic acids is 1. The average molecular weight is 234 g/mol. The quantitative estimate of drug-likeness (QED) is 0.311. The number of aliphatic carboxylic acids is 1. The van der Waals surface area contributed by atoms with Crippen LogP contribution < -0.4 is 22.9 Å². The fraction of sp³-hybridized carbons (Fsp3) is 0.900. The molecule has 9 N–H and O–H groups in total. The molecule has 0 saturated heterocycles. The molecule has 0 heterocycles. The molecule has 0 aliphatic rings.